The predicted molar refractivity (Wildman–Crippen MR) is 163 cm³/mol. The van der Waals surface area contributed by atoms with Crippen molar-refractivity contribution in [3.63, 3.8) is 0 Å². The molecule has 0 unspecified atom stereocenters. The number of carbonyl (C=O) groups excluding carboxylic acids is 2. The molecule has 3 rings (SSSR count). The van der Waals surface area contributed by atoms with Crippen LogP contribution >= 0.6 is 0 Å². The first-order valence-corrected chi connectivity index (χ1v) is 15.6. The molecule has 0 spiro atoms. The number of carbonyl (C=O) groups is 2. The number of methoxy groups -OCH3 is 1. The van der Waals surface area contributed by atoms with E-state index in [1.165, 1.54) is 22.4 Å². The summed E-state index contributed by atoms with van der Waals surface area (Å²) >= 11 is 0. The van der Waals surface area contributed by atoms with Crippen LogP contribution in [0.3, 0.4) is 0 Å². The Morgan fingerprint density at radius 3 is 2.19 bits per heavy atom. The summed E-state index contributed by atoms with van der Waals surface area (Å²) in [5.41, 5.74) is 0.921. The average Bonchev–Trinajstić information content (AvgIpc) is 2.92. The van der Waals surface area contributed by atoms with Crippen molar-refractivity contribution in [3.05, 3.63) is 95.8 Å². The van der Waals surface area contributed by atoms with E-state index in [0.29, 0.717) is 11.4 Å². The Morgan fingerprint density at radius 1 is 0.952 bits per heavy atom. The minimum absolute atomic E-state index is 0.00994. The molecule has 2 amide bonds. The molecule has 3 aromatic carbocycles. The van der Waals surface area contributed by atoms with Gasteiger partial charge in [-0.2, -0.15) is 0 Å². The quantitative estimate of drug-likeness (QED) is 0.301. The third-order valence-electron chi connectivity index (χ3n) is 6.57. The first-order valence-electron chi connectivity index (χ1n) is 13.8. The second-order valence-electron chi connectivity index (χ2n) is 11.2. The lowest BCUT2D eigenvalue weighted by Gasteiger charge is -2.34. The van der Waals surface area contributed by atoms with Crippen molar-refractivity contribution >= 4 is 27.5 Å². The van der Waals surface area contributed by atoms with Crippen LogP contribution in [0.2, 0.25) is 0 Å². The number of halogens is 1. The maximum atomic E-state index is 14.8. The fraction of sp³-hybridized carbons (Fsp3) is 0.375. The number of rotatable bonds is 13. The van der Waals surface area contributed by atoms with Crippen LogP contribution in [0.4, 0.5) is 10.1 Å². The molecule has 1 atom stereocenters. The van der Waals surface area contributed by atoms with E-state index in [4.69, 9.17) is 4.74 Å². The molecule has 0 aliphatic heterocycles. The monoisotopic (exact) mass is 597 g/mol. The Kier molecular flexibility index (Phi) is 11.1. The topological polar surface area (TPSA) is 96.0 Å². The number of nitrogens with zero attached hydrogens (tertiary/aromatic N) is 2. The highest BCUT2D eigenvalue weighted by atomic mass is 32.2. The summed E-state index contributed by atoms with van der Waals surface area (Å²) in [7, 11) is -2.24. The van der Waals surface area contributed by atoms with Crippen LogP contribution in [-0.4, -0.2) is 56.6 Å². The Hall–Kier alpha value is -3.92. The minimum atomic E-state index is -3.70. The van der Waals surface area contributed by atoms with Gasteiger partial charge < -0.3 is 15.0 Å². The van der Waals surface area contributed by atoms with Crippen molar-refractivity contribution in [2.24, 2.45) is 0 Å². The number of amides is 2. The Labute approximate surface area is 248 Å². The van der Waals surface area contributed by atoms with E-state index in [2.05, 4.69) is 5.32 Å². The molecule has 0 radical (unpaired) electrons. The average molecular weight is 598 g/mol. The molecule has 0 aromatic heterocycles. The zero-order valence-corrected chi connectivity index (χ0v) is 25.7. The van der Waals surface area contributed by atoms with Gasteiger partial charge in [0.1, 0.15) is 17.6 Å². The zero-order chi connectivity index (χ0) is 30.9. The number of para-hydroxylation sites is 2. The summed E-state index contributed by atoms with van der Waals surface area (Å²) in [6.07, 6.45) is 1.42. The normalized spacial score (nSPS) is 12.3. The second kappa shape index (κ2) is 14.3. The fourth-order valence-corrected chi connectivity index (χ4v) is 5.60. The van der Waals surface area contributed by atoms with Gasteiger partial charge in [0.15, 0.2) is 0 Å². The van der Waals surface area contributed by atoms with E-state index < -0.39 is 33.3 Å². The van der Waals surface area contributed by atoms with Crippen molar-refractivity contribution < 1.29 is 27.1 Å². The maximum absolute atomic E-state index is 14.8. The highest BCUT2D eigenvalue weighted by Crippen LogP contribution is 2.30. The van der Waals surface area contributed by atoms with Crippen molar-refractivity contribution in [1.82, 2.24) is 10.2 Å². The van der Waals surface area contributed by atoms with Crippen LogP contribution in [-0.2, 0) is 32.6 Å². The lowest BCUT2D eigenvalue weighted by atomic mass is 10.00. The highest BCUT2D eigenvalue weighted by Gasteiger charge is 2.33. The van der Waals surface area contributed by atoms with Gasteiger partial charge in [-0.15, -0.1) is 0 Å². The van der Waals surface area contributed by atoms with Crippen LogP contribution in [0.25, 0.3) is 0 Å². The Balaban J connectivity index is 1.93. The molecule has 0 saturated heterocycles. The molecule has 0 aliphatic carbocycles. The smallest absolute Gasteiger partial charge is 0.243 e. The van der Waals surface area contributed by atoms with Gasteiger partial charge in [-0.05, 0) is 51.0 Å². The molecule has 3 aromatic rings. The van der Waals surface area contributed by atoms with Crippen LogP contribution < -0.4 is 14.4 Å². The number of hydrogen-bond acceptors (Lipinski definition) is 5. The van der Waals surface area contributed by atoms with Crippen molar-refractivity contribution in [1.29, 1.82) is 0 Å². The molecule has 42 heavy (non-hydrogen) atoms. The fourth-order valence-electron chi connectivity index (χ4n) is 4.64. The number of anilines is 1. The Bertz CT molecular complexity index is 1460. The van der Waals surface area contributed by atoms with Gasteiger partial charge >= 0.3 is 0 Å². The summed E-state index contributed by atoms with van der Waals surface area (Å²) in [5.74, 6) is -0.846. The van der Waals surface area contributed by atoms with E-state index in [-0.39, 0.29) is 43.8 Å². The molecule has 0 saturated carbocycles. The molecule has 0 fully saturated rings. The van der Waals surface area contributed by atoms with Gasteiger partial charge in [0.2, 0.25) is 21.8 Å². The zero-order valence-electron chi connectivity index (χ0n) is 24.8. The number of ether oxygens (including phenoxy) is 1. The summed E-state index contributed by atoms with van der Waals surface area (Å²) < 4.78 is 46.8. The summed E-state index contributed by atoms with van der Waals surface area (Å²) in [6, 6.07) is 21.3. The van der Waals surface area contributed by atoms with Crippen LogP contribution in [0, 0.1) is 5.82 Å². The summed E-state index contributed by atoms with van der Waals surface area (Å²) in [4.78, 5) is 28.9. The first kappa shape index (κ1) is 32.6. The summed E-state index contributed by atoms with van der Waals surface area (Å²) in [5, 5.41) is 2.98. The molecular formula is C32H40FN3O5S. The van der Waals surface area contributed by atoms with E-state index in [1.54, 1.807) is 42.5 Å². The second-order valence-corrected chi connectivity index (χ2v) is 13.1. The molecule has 1 N–H and O–H groups in total. The predicted octanol–water partition coefficient (Wildman–Crippen LogP) is 4.94. The minimum Gasteiger partial charge on any atom is -0.495 e. The molecule has 8 nitrogen and oxygen atoms in total. The largest absolute Gasteiger partial charge is 0.495 e. The number of nitrogens with one attached hydrogen (secondary N) is 1. The van der Waals surface area contributed by atoms with Crippen LogP contribution in [0.1, 0.15) is 44.7 Å². The van der Waals surface area contributed by atoms with Gasteiger partial charge in [0.25, 0.3) is 0 Å². The molecule has 0 bridgehead atoms. The third-order valence-corrected chi connectivity index (χ3v) is 7.75. The van der Waals surface area contributed by atoms with Gasteiger partial charge in [-0.1, -0.05) is 60.7 Å². The standard InChI is InChI=1S/C32H40FN3O5S/c1-32(2,3)34-31(38)28(22-24-14-7-6-8-15-24)35(23-25-16-9-10-17-26(25)33)30(37)20-13-21-36(42(5,39)40)27-18-11-12-19-29(27)41-4/h6-12,14-19,28H,13,20-23H2,1-5H3,(H,34,38)/t28-/m1/s1. The van der Waals surface area contributed by atoms with Crippen LogP contribution in [0.5, 0.6) is 5.75 Å². The van der Waals surface area contributed by atoms with Gasteiger partial charge in [0.05, 0.1) is 19.1 Å². The number of sulfonamides is 1. The lowest BCUT2D eigenvalue weighted by molar-refractivity contribution is -0.142. The van der Waals surface area contributed by atoms with E-state index >= 15 is 0 Å². The maximum Gasteiger partial charge on any atom is 0.243 e. The van der Waals surface area contributed by atoms with Gasteiger partial charge in [-0.3, -0.25) is 13.9 Å². The highest BCUT2D eigenvalue weighted by molar-refractivity contribution is 7.92. The van der Waals surface area contributed by atoms with Crippen LogP contribution in [0.15, 0.2) is 78.9 Å². The first-order chi connectivity index (χ1) is 19.8. The summed E-state index contributed by atoms with van der Waals surface area (Å²) in [6.45, 7) is 5.44. The number of hydrogen-bond donors (Lipinski definition) is 1. The number of benzene rings is 3. The SMILES string of the molecule is COc1ccccc1N(CCCC(=O)N(Cc1ccccc1F)[C@H](Cc1ccccc1)C(=O)NC(C)(C)C)S(C)(=O)=O. The molecule has 0 heterocycles. The van der Waals surface area contributed by atoms with Crippen molar-refractivity contribution in [2.75, 3.05) is 24.2 Å². The molecule has 0 aliphatic rings. The molecular weight excluding hydrogens is 557 g/mol. The molecule has 226 valence electrons. The van der Waals surface area contributed by atoms with Crippen molar-refractivity contribution in [3.8, 4) is 5.75 Å². The van der Waals surface area contributed by atoms with E-state index in [1.807, 2.05) is 51.1 Å². The Morgan fingerprint density at radius 2 is 1.57 bits per heavy atom. The van der Waals surface area contributed by atoms with Gasteiger partial charge in [0, 0.05) is 37.0 Å². The molecule has 10 heteroatoms. The van der Waals surface area contributed by atoms with Crippen molar-refractivity contribution in [2.45, 2.75) is 58.2 Å². The van der Waals surface area contributed by atoms with E-state index in [0.717, 1.165) is 11.8 Å². The van der Waals surface area contributed by atoms with Gasteiger partial charge in [-0.25, -0.2) is 12.8 Å². The third kappa shape index (κ3) is 9.30. The lowest BCUT2D eigenvalue weighted by Crippen LogP contribution is -2.54. The van der Waals surface area contributed by atoms with E-state index in [9.17, 15) is 22.4 Å².